The van der Waals surface area contributed by atoms with E-state index in [1.165, 1.54) is 7.11 Å². The van der Waals surface area contributed by atoms with Gasteiger partial charge in [0.25, 0.3) is 11.8 Å². The van der Waals surface area contributed by atoms with Crippen molar-refractivity contribution in [3.05, 3.63) is 124 Å². The molecule has 0 saturated carbocycles. The number of benzene rings is 4. The van der Waals surface area contributed by atoms with Crippen LogP contribution in [0, 0.1) is 0 Å². The van der Waals surface area contributed by atoms with Crippen molar-refractivity contribution in [2.45, 2.75) is 0 Å². The van der Waals surface area contributed by atoms with Crippen molar-refractivity contribution in [1.82, 2.24) is 4.98 Å². The number of halogens is 1. The number of ether oxygens (including phenoxy) is 2. The van der Waals surface area contributed by atoms with Gasteiger partial charge in [0.15, 0.2) is 12.4 Å². The Morgan fingerprint density at radius 2 is 1.50 bits per heavy atom. The van der Waals surface area contributed by atoms with E-state index in [9.17, 15) is 19.2 Å². The molecule has 2 amide bonds. The molecule has 0 spiro atoms. The Balaban J connectivity index is 1.28. The second kappa shape index (κ2) is 11.0. The lowest BCUT2D eigenvalue weighted by molar-refractivity contribution is 0.0476. The van der Waals surface area contributed by atoms with Crippen LogP contribution in [0.25, 0.3) is 22.2 Å². The zero-order valence-electron chi connectivity index (χ0n) is 22.2. The van der Waals surface area contributed by atoms with Gasteiger partial charge in [-0.05, 0) is 72.8 Å². The van der Waals surface area contributed by atoms with Crippen LogP contribution >= 0.6 is 15.9 Å². The average molecular weight is 621 g/mol. The van der Waals surface area contributed by atoms with E-state index in [0.29, 0.717) is 50.3 Å². The molecule has 8 nitrogen and oxygen atoms in total. The number of anilines is 1. The first kappa shape index (κ1) is 27.0. The van der Waals surface area contributed by atoms with Gasteiger partial charge in [0.2, 0.25) is 0 Å². The molecular formula is C33H21BrN2O6. The number of imide groups is 1. The molecule has 0 saturated heterocycles. The summed E-state index contributed by atoms with van der Waals surface area (Å²) < 4.78 is 11.3. The van der Waals surface area contributed by atoms with Crippen molar-refractivity contribution in [3.63, 3.8) is 0 Å². The topological polar surface area (TPSA) is 103 Å². The Morgan fingerprint density at radius 3 is 2.14 bits per heavy atom. The van der Waals surface area contributed by atoms with Gasteiger partial charge in [-0.15, -0.1) is 0 Å². The summed E-state index contributed by atoms with van der Waals surface area (Å²) in [4.78, 5) is 57.6. The van der Waals surface area contributed by atoms with Crippen molar-refractivity contribution in [2.24, 2.45) is 0 Å². The minimum Gasteiger partial charge on any atom is -0.497 e. The summed E-state index contributed by atoms with van der Waals surface area (Å²) in [5.41, 5.74) is 3.47. The lowest BCUT2D eigenvalue weighted by Crippen LogP contribution is -2.29. The van der Waals surface area contributed by atoms with E-state index >= 15 is 0 Å². The Hall–Kier alpha value is -5.15. The van der Waals surface area contributed by atoms with E-state index < -0.39 is 12.6 Å². The summed E-state index contributed by atoms with van der Waals surface area (Å²) in [7, 11) is 1.53. The molecule has 0 unspecified atom stereocenters. The summed E-state index contributed by atoms with van der Waals surface area (Å²) in [5.74, 6) is -1.18. The minimum absolute atomic E-state index is 0.239. The van der Waals surface area contributed by atoms with E-state index in [0.717, 1.165) is 9.37 Å². The van der Waals surface area contributed by atoms with Gasteiger partial charge in [0, 0.05) is 21.0 Å². The van der Waals surface area contributed by atoms with Gasteiger partial charge in [-0.3, -0.25) is 14.4 Å². The van der Waals surface area contributed by atoms with Crippen molar-refractivity contribution in [3.8, 4) is 17.0 Å². The van der Waals surface area contributed by atoms with Crippen LogP contribution in [-0.2, 0) is 4.74 Å². The van der Waals surface area contributed by atoms with Crippen LogP contribution in [0.3, 0.4) is 0 Å². The normalized spacial score (nSPS) is 12.4. The first-order valence-corrected chi connectivity index (χ1v) is 13.7. The smallest absolute Gasteiger partial charge is 0.339 e. The maximum Gasteiger partial charge on any atom is 0.339 e. The minimum atomic E-state index is -0.675. The van der Waals surface area contributed by atoms with E-state index in [-0.39, 0.29) is 23.2 Å². The monoisotopic (exact) mass is 620 g/mol. The number of nitrogens with zero attached hydrogens (tertiary/aromatic N) is 2. The van der Waals surface area contributed by atoms with E-state index in [1.54, 1.807) is 91.0 Å². The third-order valence-electron chi connectivity index (χ3n) is 6.95. The van der Waals surface area contributed by atoms with Crippen LogP contribution in [0.5, 0.6) is 5.75 Å². The number of hydrogen-bond acceptors (Lipinski definition) is 7. The van der Waals surface area contributed by atoms with Gasteiger partial charge in [-0.25, -0.2) is 14.7 Å². The van der Waals surface area contributed by atoms with Gasteiger partial charge >= 0.3 is 5.97 Å². The van der Waals surface area contributed by atoms with Gasteiger partial charge in [-0.2, -0.15) is 0 Å². The quantitative estimate of drug-likeness (QED) is 0.116. The molecule has 4 aromatic carbocycles. The number of hydrogen-bond donors (Lipinski definition) is 0. The molecule has 6 rings (SSSR count). The molecule has 1 aliphatic heterocycles. The fourth-order valence-electron chi connectivity index (χ4n) is 4.79. The highest BCUT2D eigenvalue weighted by Crippen LogP contribution is 2.32. The van der Waals surface area contributed by atoms with Gasteiger partial charge in [0.05, 0.1) is 40.7 Å². The maximum atomic E-state index is 13.3. The third kappa shape index (κ3) is 4.95. The van der Waals surface area contributed by atoms with Crippen LogP contribution in [-0.4, -0.2) is 42.3 Å². The standard InChI is InChI=1S/C33H21BrN2O6/c1-41-23-13-8-20(9-14-23)30(37)18-42-33(40)27-17-29(35-28-15-10-21(34)16-26(27)28)19-6-11-22(12-7-19)36-31(38)24-4-2-3-5-25(24)32(36)39/h2-17H,18H2,1H3. The first-order valence-electron chi connectivity index (χ1n) is 12.9. The molecular weight excluding hydrogens is 600 g/mol. The predicted molar refractivity (Wildman–Crippen MR) is 160 cm³/mol. The van der Waals surface area contributed by atoms with Crippen LogP contribution < -0.4 is 9.64 Å². The van der Waals surface area contributed by atoms with Crippen molar-refractivity contribution >= 4 is 56.1 Å². The van der Waals surface area contributed by atoms with Gasteiger partial charge in [-0.1, -0.05) is 40.2 Å². The highest BCUT2D eigenvalue weighted by molar-refractivity contribution is 9.10. The zero-order valence-corrected chi connectivity index (χ0v) is 23.8. The lowest BCUT2D eigenvalue weighted by Gasteiger charge is -2.15. The van der Waals surface area contributed by atoms with E-state index in [2.05, 4.69) is 15.9 Å². The number of carbonyl (C=O) groups excluding carboxylic acids is 4. The SMILES string of the molecule is COc1ccc(C(=O)COC(=O)c2cc(-c3ccc(N4C(=O)c5ccccc5C4=O)cc3)nc3ccc(Br)cc23)cc1. The number of aromatic nitrogens is 1. The molecule has 1 aromatic heterocycles. The number of fused-ring (bicyclic) bond motifs is 2. The largest absolute Gasteiger partial charge is 0.497 e. The molecule has 0 fully saturated rings. The molecule has 0 atom stereocenters. The zero-order chi connectivity index (χ0) is 29.4. The number of rotatable bonds is 7. The molecule has 1 aliphatic rings. The number of esters is 1. The molecule has 42 heavy (non-hydrogen) atoms. The Morgan fingerprint density at radius 1 is 0.833 bits per heavy atom. The molecule has 206 valence electrons. The highest BCUT2D eigenvalue weighted by atomic mass is 79.9. The molecule has 0 N–H and O–H groups in total. The molecule has 0 aliphatic carbocycles. The van der Waals surface area contributed by atoms with Crippen LogP contribution in [0.2, 0.25) is 0 Å². The molecule has 2 heterocycles. The molecule has 9 heteroatoms. The summed E-state index contributed by atoms with van der Waals surface area (Å²) in [5, 5.41) is 0.553. The second-order valence-electron chi connectivity index (χ2n) is 9.48. The van der Waals surface area contributed by atoms with E-state index in [1.807, 2.05) is 6.07 Å². The maximum absolute atomic E-state index is 13.3. The summed E-state index contributed by atoms with van der Waals surface area (Å²) in [6.45, 7) is -0.437. The number of carbonyl (C=O) groups is 4. The fourth-order valence-corrected chi connectivity index (χ4v) is 5.15. The number of Topliss-reactive ketones (excluding diaryl/α,β-unsaturated/α-hetero) is 1. The fraction of sp³-hybridized carbons (Fsp3) is 0.0606. The van der Waals surface area contributed by atoms with Crippen molar-refractivity contribution in [1.29, 1.82) is 0 Å². The lowest BCUT2D eigenvalue weighted by atomic mass is 10.0. The Bertz CT molecular complexity index is 1870. The van der Waals surface area contributed by atoms with E-state index in [4.69, 9.17) is 14.5 Å². The van der Waals surface area contributed by atoms with Crippen LogP contribution in [0.1, 0.15) is 41.4 Å². The van der Waals surface area contributed by atoms with Gasteiger partial charge in [0.1, 0.15) is 5.75 Å². The number of amides is 2. The van der Waals surface area contributed by atoms with Crippen molar-refractivity contribution in [2.75, 3.05) is 18.6 Å². The highest BCUT2D eigenvalue weighted by Gasteiger charge is 2.36. The number of methoxy groups -OCH3 is 1. The molecule has 0 radical (unpaired) electrons. The summed E-state index contributed by atoms with van der Waals surface area (Å²) >= 11 is 3.44. The number of pyridine rings is 1. The number of ketones is 1. The Kier molecular flexibility index (Phi) is 7.10. The second-order valence-corrected chi connectivity index (χ2v) is 10.4. The summed E-state index contributed by atoms with van der Waals surface area (Å²) in [6, 6.07) is 27.0. The van der Waals surface area contributed by atoms with Crippen LogP contribution in [0.15, 0.2) is 102 Å². The predicted octanol–water partition coefficient (Wildman–Crippen LogP) is 6.51. The Labute approximate surface area is 248 Å². The molecule has 0 bridgehead atoms. The average Bonchev–Trinajstić information content (AvgIpc) is 3.28. The summed E-state index contributed by atoms with van der Waals surface area (Å²) in [6.07, 6.45) is 0. The molecule has 5 aromatic rings. The third-order valence-corrected chi connectivity index (χ3v) is 7.45. The van der Waals surface area contributed by atoms with Crippen LogP contribution in [0.4, 0.5) is 5.69 Å². The first-order chi connectivity index (χ1) is 20.3. The van der Waals surface area contributed by atoms with Gasteiger partial charge < -0.3 is 9.47 Å². The van der Waals surface area contributed by atoms with Crippen molar-refractivity contribution < 1.29 is 28.7 Å².